The first kappa shape index (κ1) is 12.1. The molecule has 0 N–H and O–H groups in total. The molecule has 4 aliphatic rings. The van der Waals surface area contributed by atoms with E-state index in [1.165, 1.54) is 19.5 Å². The first-order valence-corrected chi connectivity index (χ1v) is 7.54. The summed E-state index contributed by atoms with van der Waals surface area (Å²) in [5.41, 5.74) is 0.0810. The van der Waals surface area contributed by atoms with Crippen molar-refractivity contribution in [1.29, 1.82) is 5.26 Å². The van der Waals surface area contributed by atoms with Crippen LogP contribution in [0.5, 0.6) is 0 Å². The van der Waals surface area contributed by atoms with Gasteiger partial charge in [-0.25, -0.2) is 0 Å². The SMILES string of the molecule is C[C@]12N3CCCN1CCN1C(C#N)CN(CC3)[C@]12C. The standard InChI is InChI=1S/C14H23N5/c1-13-14(2)18-7-6-16(13)4-3-5-17(13)8-9-19(14)12(10-15)11-18/h12H,3-9,11H2,1-2H3/t12?,13-,14+/m0/s1. The molecule has 4 fully saturated rings. The molecule has 5 heteroatoms. The fraction of sp³-hybridized carbons (Fsp3) is 0.929. The predicted octanol–water partition coefficient (Wildman–Crippen LogP) is -0.0365. The molecule has 4 aliphatic heterocycles. The van der Waals surface area contributed by atoms with Crippen molar-refractivity contribution in [2.45, 2.75) is 37.6 Å². The van der Waals surface area contributed by atoms with Crippen molar-refractivity contribution in [2.24, 2.45) is 0 Å². The van der Waals surface area contributed by atoms with Gasteiger partial charge in [-0.2, -0.15) is 5.26 Å². The highest BCUT2D eigenvalue weighted by Gasteiger charge is 2.67. The van der Waals surface area contributed by atoms with E-state index in [1.807, 2.05) is 0 Å². The summed E-state index contributed by atoms with van der Waals surface area (Å²) < 4.78 is 0. The number of nitriles is 1. The molecule has 0 spiro atoms. The maximum atomic E-state index is 9.48. The first-order chi connectivity index (χ1) is 9.12. The topological polar surface area (TPSA) is 36.8 Å². The van der Waals surface area contributed by atoms with Crippen LogP contribution in [0.1, 0.15) is 20.3 Å². The number of nitrogens with zero attached hydrogens (tertiary/aromatic N) is 5. The highest BCUT2D eigenvalue weighted by molar-refractivity contribution is 5.21. The van der Waals surface area contributed by atoms with Crippen LogP contribution >= 0.6 is 0 Å². The van der Waals surface area contributed by atoms with E-state index in [1.54, 1.807) is 0 Å². The Labute approximate surface area is 115 Å². The molecule has 5 nitrogen and oxygen atoms in total. The van der Waals surface area contributed by atoms with Crippen LogP contribution in [-0.2, 0) is 0 Å². The van der Waals surface area contributed by atoms with Crippen LogP contribution in [0.15, 0.2) is 0 Å². The summed E-state index contributed by atoms with van der Waals surface area (Å²) in [6.45, 7) is 12.5. The molecule has 0 saturated carbocycles. The minimum atomic E-state index is 0.00428. The number of piperazine rings is 2. The monoisotopic (exact) mass is 261 g/mol. The second-order valence-corrected chi connectivity index (χ2v) is 6.65. The predicted molar refractivity (Wildman–Crippen MR) is 72.3 cm³/mol. The van der Waals surface area contributed by atoms with Crippen LogP contribution in [-0.4, -0.2) is 82.8 Å². The van der Waals surface area contributed by atoms with Crippen molar-refractivity contribution < 1.29 is 0 Å². The lowest BCUT2D eigenvalue weighted by Crippen LogP contribution is -2.85. The van der Waals surface area contributed by atoms with Gasteiger partial charge in [0, 0.05) is 45.8 Å². The maximum Gasteiger partial charge on any atom is 0.112 e. The molecule has 4 saturated heterocycles. The zero-order chi connectivity index (χ0) is 13.3. The van der Waals surface area contributed by atoms with Crippen molar-refractivity contribution in [2.75, 3.05) is 45.8 Å². The lowest BCUT2D eigenvalue weighted by Gasteiger charge is -2.69. The Morgan fingerprint density at radius 3 is 2.21 bits per heavy atom. The zero-order valence-electron chi connectivity index (χ0n) is 12.0. The van der Waals surface area contributed by atoms with Crippen LogP contribution in [0.3, 0.4) is 0 Å². The largest absolute Gasteiger partial charge is 0.282 e. The van der Waals surface area contributed by atoms with Gasteiger partial charge in [-0.05, 0) is 20.3 Å². The number of rotatable bonds is 0. The van der Waals surface area contributed by atoms with Crippen LogP contribution in [0.4, 0.5) is 0 Å². The second kappa shape index (κ2) is 3.70. The van der Waals surface area contributed by atoms with Crippen molar-refractivity contribution in [3.8, 4) is 6.07 Å². The summed E-state index contributed by atoms with van der Waals surface area (Å²) in [5.74, 6) is 0. The van der Waals surface area contributed by atoms with Crippen molar-refractivity contribution >= 4 is 0 Å². The van der Waals surface area contributed by atoms with E-state index in [0.717, 1.165) is 32.7 Å². The molecule has 0 amide bonds. The maximum absolute atomic E-state index is 9.48. The van der Waals surface area contributed by atoms with E-state index in [4.69, 9.17) is 0 Å². The van der Waals surface area contributed by atoms with Crippen LogP contribution < -0.4 is 0 Å². The van der Waals surface area contributed by atoms with Gasteiger partial charge in [-0.1, -0.05) is 0 Å². The molecule has 4 heterocycles. The van der Waals surface area contributed by atoms with Crippen molar-refractivity contribution in [1.82, 2.24) is 19.6 Å². The van der Waals surface area contributed by atoms with Gasteiger partial charge in [0.05, 0.1) is 6.07 Å². The van der Waals surface area contributed by atoms with Gasteiger partial charge in [0.1, 0.15) is 17.4 Å². The Bertz CT molecular complexity index is 438. The molecule has 0 aromatic heterocycles. The molecule has 0 aromatic carbocycles. The number of hydrogen-bond donors (Lipinski definition) is 0. The Balaban J connectivity index is 1.84. The molecule has 0 aromatic rings. The van der Waals surface area contributed by atoms with Gasteiger partial charge < -0.3 is 0 Å². The highest BCUT2D eigenvalue weighted by Crippen LogP contribution is 2.49. The lowest BCUT2D eigenvalue weighted by atomic mass is 9.83. The molecule has 1 unspecified atom stereocenters. The summed E-state index contributed by atoms with van der Waals surface area (Å²) in [6.07, 6.45) is 1.29. The van der Waals surface area contributed by atoms with Gasteiger partial charge in [-0.3, -0.25) is 19.6 Å². The van der Waals surface area contributed by atoms with E-state index in [0.29, 0.717) is 0 Å². The van der Waals surface area contributed by atoms with Crippen LogP contribution in [0.25, 0.3) is 0 Å². The molecule has 4 rings (SSSR count). The van der Waals surface area contributed by atoms with E-state index in [9.17, 15) is 5.26 Å². The Morgan fingerprint density at radius 2 is 1.53 bits per heavy atom. The third-order valence-electron chi connectivity index (χ3n) is 6.33. The Morgan fingerprint density at radius 1 is 0.895 bits per heavy atom. The Kier molecular flexibility index (Phi) is 2.36. The zero-order valence-corrected chi connectivity index (χ0v) is 12.0. The quantitative estimate of drug-likeness (QED) is 0.612. The highest BCUT2D eigenvalue weighted by atomic mass is 15.6. The molecule has 19 heavy (non-hydrogen) atoms. The first-order valence-electron chi connectivity index (χ1n) is 7.54. The Hall–Kier alpha value is -0.670. The van der Waals surface area contributed by atoms with Gasteiger partial charge in [0.25, 0.3) is 0 Å². The summed E-state index contributed by atoms with van der Waals surface area (Å²) >= 11 is 0. The second-order valence-electron chi connectivity index (χ2n) is 6.65. The minimum Gasteiger partial charge on any atom is -0.282 e. The number of hydrogen-bond acceptors (Lipinski definition) is 5. The van der Waals surface area contributed by atoms with Crippen LogP contribution in [0, 0.1) is 11.3 Å². The van der Waals surface area contributed by atoms with Gasteiger partial charge in [0.15, 0.2) is 0 Å². The molecular weight excluding hydrogens is 238 g/mol. The molecule has 0 radical (unpaired) electrons. The smallest absolute Gasteiger partial charge is 0.112 e. The van der Waals surface area contributed by atoms with E-state index < -0.39 is 0 Å². The average molecular weight is 261 g/mol. The van der Waals surface area contributed by atoms with E-state index in [2.05, 4.69) is 39.5 Å². The summed E-state index contributed by atoms with van der Waals surface area (Å²) in [7, 11) is 0. The van der Waals surface area contributed by atoms with Crippen LogP contribution in [0.2, 0.25) is 0 Å². The molecule has 0 aliphatic carbocycles. The van der Waals surface area contributed by atoms with E-state index >= 15 is 0 Å². The summed E-state index contributed by atoms with van der Waals surface area (Å²) in [5, 5.41) is 9.48. The average Bonchev–Trinajstić information content (AvgIpc) is 2.70. The third kappa shape index (κ3) is 1.20. The third-order valence-corrected chi connectivity index (χ3v) is 6.33. The lowest BCUT2D eigenvalue weighted by molar-refractivity contribution is -0.250. The van der Waals surface area contributed by atoms with Gasteiger partial charge in [0.2, 0.25) is 0 Å². The summed E-state index contributed by atoms with van der Waals surface area (Å²) in [4.78, 5) is 10.4. The summed E-state index contributed by atoms with van der Waals surface area (Å²) in [6, 6.07) is 2.61. The normalized spacial score (nSPS) is 47.9. The molecule has 3 atom stereocenters. The van der Waals surface area contributed by atoms with Gasteiger partial charge >= 0.3 is 0 Å². The molecule has 104 valence electrons. The van der Waals surface area contributed by atoms with Crippen molar-refractivity contribution in [3.63, 3.8) is 0 Å². The fourth-order valence-corrected chi connectivity index (χ4v) is 5.15. The molecular formula is C14H23N5. The van der Waals surface area contributed by atoms with E-state index in [-0.39, 0.29) is 17.4 Å². The minimum absolute atomic E-state index is 0.00428. The molecule has 0 bridgehead atoms. The fourth-order valence-electron chi connectivity index (χ4n) is 5.15. The van der Waals surface area contributed by atoms with Crippen molar-refractivity contribution in [3.05, 3.63) is 0 Å². The van der Waals surface area contributed by atoms with Gasteiger partial charge in [-0.15, -0.1) is 0 Å².